The van der Waals surface area contributed by atoms with Crippen LogP contribution >= 0.6 is 0 Å². The number of nitrogens with zero attached hydrogens (tertiary/aromatic N) is 3. The topological polar surface area (TPSA) is 60.0 Å². The molecule has 1 aliphatic rings. The lowest BCUT2D eigenvalue weighted by atomic mass is 9.93. The average Bonchev–Trinajstić information content (AvgIpc) is 2.66. The predicted molar refractivity (Wildman–Crippen MR) is 104 cm³/mol. The molecule has 1 aromatic rings. The van der Waals surface area contributed by atoms with E-state index in [0.717, 1.165) is 18.1 Å². The normalized spacial score (nSPS) is 15.7. The first kappa shape index (κ1) is 20.9. The maximum Gasteiger partial charge on any atom is 0.227 e. The van der Waals surface area contributed by atoms with Gasteiger partial charge in [-0.3, -0.25) is 9.79 Å². The third-order valence-corrected chi connectivity index (χ3v) is 4.63. The lowest BCUT2D eigenvalue weighted by molar-refractivity contribution is -0.128. The molecule has 6 nitrogen and oxygen atoms in total. The van der Waals surface area contributed by atoms with E-state index in [1.54, 1.807) is 7.05 Å². The third-order valence-electron chi connectivity index (χ3n) is 4.63. The summed E-state index contributed by atoms with van der Waals surface area (Å²) in [5, 5.41) is 5.91. The summed E-state index contributed by atoms with van der Waals surface area (Å²) in [5.41, 5.74) is -0.320. The van der Waals surface area contributed by atoms with Crippen LogP contribution < -0.4 is 15.5 Å². The molecule has 1 fully saturated rings. The van der Waals surface area contributed by atoms with E-state index < -0.39 is 17.0 Å². The maximum absolute atomic E-state index is 14.0. The van der Waals surface area contributed by atoms with Gasteiger partial charge in [-0.25, -0.2) is 8.78 Å². The van der Waals surface area contributed by atoms with Gasteiger partial charge in [0, 0.05) is 45.8 Å². The number of rotatable bonds is 5. The van der Waals surface area contributed by atoms with Crippen LogP contribution in [0, 0.1) is 17.0 Å². The molecule has 0 bridgehead atoms. The summed E-state index contributed by atoms with van der Waals surface area (Å²) < 4.78 is 27.4. The van der Waals surface area contributed by atoms with Crippen molar-refractivity contribution in [3.05, 3.63) is 29.8 Å². The summed E-state index contributed by atoms with van der Waals surface area (Å²) in [4.78, 5) is 20.5. The average molecular weight is 381 g/mol. The standard InChI is InChI=1S/C19H29F2N5O/c1-5-23-18(24-13-19(2,3)17(27)22-4)26-10-8-25(9-11-26)16-12-14(20)6-7-15(16)21/h6-7,12H,5,8-11,13H2,1-4H3,(H,22,27)(H,23,24). The number of anilines is 1. The van der Waals surface area contributed by atoms with Gasteiger partial charge in [-0.15, -0.1) is 0 Å². The van der Waals surface area contributed by atoms with Crippen molar-refractivity contribution in [1.82, 2.24) is 15.5 Å². The van der Waals surface area contributed by atoms with Crippen molar-refractivity contribution in [2.75, 3.05) is 51.2 Å². The zero-order valence-electron chi connectivity index (χ0n) is 16.5. The first-order chi connectivity index (χ1) is 12.8. The quantitative estimate of drug-likeness (QED) is 0.604. The van der Waals surface area contributed by atoms with Crippen LogP contribution in [0.3, 0.4) is 0 Å². The van der Waals surface area contributed by atoms with Crippen LogP contribution in [-0.2, 0) is 4.79 Å². The van der Waals surface area contributed by atoms with Crippen molar-refractivity contribution < 1.29 is 13.6 Å². The van der Waals surface area contributed by atoms with Gasteiger partial charge in [0.15, 0.2) is 5.96 Å². The van der Waals surface area contributed by atoms with Crippen LogP contribution in [0.25, 0.3) is 0 Å². The molecule has 1 heterocycles. The summed E-state index contributed by atoms with van der Waals surface area (Å²) in [6.07, 6.45) is 0. The maximum atomic E-state index is 14.0. The third kappa shape index (κ3) is 5.30. The molecule has 0 atom stereocenters. The number of nitrogens with one attached hydrogen (secondary N) is 2. The fourth-order valence-corrected chi connectivity index (χ4v) is 3.00. The highest BCUT2D eigenvalue weighted by molar-refractivity contribution is 5.83. The number of guanidine groups is 1. The Morgan fingerprint density at radius 2 is 1.89 bits per heavy atom. The summed E-state index contributed by atoms with van der Waals surface area (Å²) in [5.74, 6) is -0.194. The molecule has 1 aliphatic heterocycles. The van der Waals surface area contributed by atoms with Gasteiger partial charge in [-0.05, 0) is 32.9 Å². The van der Waals surface area contributed by atoms with Gasteiger partial charge in [0.2, 0.25) is 5.91 Å². The Morgan fingerprint density at radius 3 is 2.48 bits per heavy atom. The highest BCUT2D eigenvalue weighted by atomic mass is 19.1. The zero-order valence-corrected chi connectivity index (χ0v) is 16.5. The summed E-state index contributed by atoms with van der Waals surface area (Å²) in [6.45, 7) is 9.12. The van der Waals surface area contributed by atoms with Crippen LogP contribution in [0.1, 0.15) is 20.8 Å². The summed E-state index contributed by atoms with van der Waals surface area (Å²) in [7, 11) is 1.61. The number of benzene rings is 1. The van der Waals surface area contributed by atoms with E-state index in [0.29, 0.717) is 39.3 Å². The van der Waals surface area contributed by atoms with Crippen molar-refractivity contribution in [2.45, 2.75) is 20.8 Å². The number of aliphatic imine (C=N–C) groups is 1. The molecule has 2 rings (SSSR count). The highest BCUT2D eigenvalue weighted by Gasteiger charge is 2.27. The smallest absolute Gasteiger partial charge is 0.227 e. The Bertz CT molecular complexity index is 685. The summed E-state index contributed by atoms with van der Waals surface area (Å²) in [6, 6.07) is 3.51. The summed E-state index contributed by atoms with van der Waals surface area (Å²) >= 11 is 0. The van der Waals surface area contributed by atoms with Gasteiger partial charge in [0.1, 0.15) is 11.6 Å². The molecule has 0 radical (unpaired) electrons. The first-order valence-electron chi connectivity index (χ1n) is 9.24. The highest BCUT2D eigenvalue weighted by Crippen LogP contribution is 2.22. The second-order valence-electron chi connectivity index (χ2n) is 7.20. The van der Waals surface area contributed by atoms with Crippen LogP contribution in [0.4, 0.5) is 14.5 Å². The molecule has 0 aromatic heterocycles. The van der Waals surface area contributed by atoms with E-state index in [4.69, 9.17) is 0 Å². The van der Waals surface area contributed by atoms with Crippen molar-refractivity contribution in [1.29, 1.82) is 0 Å². The van der Waals surface area contributed by atoms with Crippen LogP contribution in [0.15, 0.2) is 23.2 Å². The molecule has 1 aromatic carbocycles. The van der Waals surface area contributed by atoms with Gasteiger partial charge in [0.05, 0.1) is 17.6 Å². The van der Waals surface area contributed by atoms with Gasteiger partial charge in [0.25, 0.3) is 0 Å². The lowest BCUT2D eigenvalue weighted by Gasteiger charge is -2.38. The van der Waals surface area contributed by atoms with Crippen molar-refractivity contribution in [3.8, 4) is 0 Å². The Labute approximate surface area is 159 Å². The zero-order chi connectivity index (χ0) is 20.0. The Balaban J connectivity index is 2.05. The Morgan fingerprint density at radius 1 is 1.22 bits per heavy atom. The molecule has 0 unspecified atom stereocenters. The minimum Gasteiger partial charge on any atom is -0.366 e. The number of hydrogen-bond acceptors (Lipinski definition) is 3. The number of carbonyl (C=O) groups excluding carboxylic acids is 1. The van der Waals surface area contributed by atoms with Gasteiger partial charge >= 0.3 is 0 Å². The van der Waals surface area contributed by atoms with Crippen molar-refractivity contribution >= 4 is 17.6 Å². The SMILES string of the molecule is CCNC(=NCC(C)(C)C(=O)NC)N1CCN(c2cc(F)ccc2F)CC1. The van der Waals surface area contributed by atoms with Crippen molar-refractivity contribution in [2.24, 2.45) is 10.4 Å². The second kappa shape index (κ2) is 9.01. The van der Waals surface area contributed by atoms with Gasteiger partial charge in [-0.1, -0.05) is 0 Å². The van der Waals surface area contributed by atoms with Gasteiger partial charge in [-0.2, -0.15) is 0 Å². The fourth-order valence-electron chi connectivity index (χ4n) is 3.00. The van der Waals surface area contributed by atoms with Crippen LogP contribution in [-0.4, -0.2) is 63.1 Å². The molecule has 0 saturated carbocycles. The molecular weight excluding hydrogens is 352 g/mol. The minimum absolute atomic E-state index is 0.0616. The molecule has 0 spiro atoms. The number of halogens is 2. The second-order valence-corrected chi connectivity index (χ2v) is 7.20. The molecule has 27 heavy (non-hydrogen) atoms. The fraction of sp³-hybridized carbons (Fsp3) is 0.579. The molecule has 0 aliphatic carbocycles. The molecule has 8 heteroatoms. The van der Waals surface area contributed by atoms with E-state index in [1.165, 1.54) is 6.07 Å². The molecular formula is C19H29F2N5O. The molecule has 2 N–H and O–H groups in total. The van der Waals surface area contributed by atoms with Crippen molar-refractivity contribution in [3.63, 3.8) is 0 Å². The lowest BCUT2D eigenvalue weighted by Crippen LogP contribution is -2.53. The van der Waals surface area contributed by atoms with E-state index in [1.807, 2.05) is 25.7 Å². The monoisotopic (exact) mass is 381 g/mol. The van der Waals surface area contributed by atoms with Gasteiger partial charge < -0.3 is 20.4 Å². The first-order valence-corrected chi connectivity index (χ1v) is 9.24. The molecule has 1 saturated heterocycles. The number of amides is 1. The number of carbonyl (C=O) groups is 1. The Kier molecular flexibility index (Phi) is 6.98. The van der Waals surface area contributed by atoms with E-state index in [-0.39, 0.29) is 11.6 Å². The van der Waals surface area contributed by atoms with Crippen LogP contribution in [0.5, 0.6) is 0 Å². The predicted octanol–water partition coefficient (Wildman–Crippen LogP) is 1.82. The molecule has 150 valence electrons. The van der Waals surface area contributed by atoms with Crippen LogP contribution in [0.2, 0.25) is 0 Å². The van der Waals surface area contributed by atoms with E-state index >= 15 is 0 Å². The minimum atomic E-state index is -0.609. The largest absolute Gasteiger partial charge is 0.366 e. The number of hydrogen-bond donors (Lipinski definition) is 2. The van der Waals surface area contributed by atoms with E-state index in [9.17, 15) is 13.6 Å². The number of piperazine rings is 1. The molecule has 1 amide bonds. The Hall–Kier alpha value is -2.38. The van der Waals surface area contributed by atoms with E-state index in [2.05, 4.69) is 20.5 Å².